The van der Waals surface area contributed by atoms with Crippen LogP contribution in [-0.4, -0.2) is 32.5 Å². The highest BCUT2D eigenvalue weighted by molar-refractivity contribution is 8.18. The number of rotatable bonds is 5. The topological polar surface area (TPSA) is 80.7 Å². The van der Waals surface area contributed by atoms with E-state index in [2.05, 4.69) is 4.99 Å². The van der Waals surface area contributed by atoms with Crippen LogP contribution in [0, 0.1) is 5.82 Å². The van der Waals surface area contributed by atoms with Gasteiger partial charge in [0.1, 0.15) is 18.0 Å². The van der Waals surface area contributed by atoms with E-state index in [4.69, 9.17) is 5.73 Å². The van der Waals surface area contributed by atoms with Gasteiger partial charge in [-0.15, -0.1) is 0 Å². The number of primary amides is 1. The Kier molecular flexibility index (Phi) is 6.24. The zero-order valence-electron chi connectivity index (χ0n) is 18.6. The van der Waals surface area contributed by atoms with Crippen LogP contribution in [0.2, 0.25) is 0 Å². The number of para-hydroxylation sites is 2. The molecule has 2 aromatic carbocycles. The van der Waals surface area contributed by atoms with Gasteiger partial charge in [0.25, 0.3) is 5.91 Å². The van der Waals surface area contributed by atoms with E-state index in [0.717, 1.165) is 48.6 Å². The molecule has 2 heterocycles. The molecule has 3 aromatic rings. The second-order valence-corrected chi connectivity index (χ2v) is 9.63. The van der Waals surface area contributed by atoms with Crippen molar-refractivity contribution in [3.63, 3.8) is 0 Å². The number of amides is 2. The molecule has 2 amide bonds. The quantitative estimate of drug-likeness (QED) is 0.514. The summed E-state index contributed by atoms with van der Waals surface area (Å²) in [6, 6.07) is 14.1. The lowest BCUT2D eigenvalue weighted by atomic mass is 9.94. The Morgan fingerprint density at radius 2 is 1.85 bits per heavy atom. The van der Waals surface area contributed by atoms with Crippen molar-refractivity contribution < 1.29 is 14.0 Å². The lowest BCUT2D eigenvalue weighted by molar-refractivity contribution is -0.124. The molecule has 1 aliphatic carbocycles. The van der Waals surface area contributed by atoms with Gasteiger partial charge in [0.15, 0.2) is 5.17 Å². The van der Waals surface area contributed by atoms with Gasteiger partial charge in [-0.25, -0.2) is 9.38 Å². The van der Waals surface area contributed by atoms with Crippen LogP contribution in [0.1, 0.15) is 37.7 Å². The number of aliphatic imine (C=N–C) groups is 1. The van der Waals surface area contributed by atoms with Gasteiger partial charge in [-0.3, -0.25) is 14.5 Å². The highest BCUT2D eigenvalue weighted by atomic mass is 32.2. The van der Waals surface area contributed by atoms with E-state index in [-0.39, 0.29) is 24.2 Å². The number of hydrogen-bond acceptors (Lipinski definition) is 4. The van der Waals surface area contributed by atoms with Gasteiger partial charge >= 0.3 is 0 Å². The van der Waals surface area contributed by atoms with E-state index in [1.165, 1.54) is 17.8 Å². The number of carbonyl (C=O) groups is 2. The molecule has 0 bridgehead atoms. The number of carbonyl (C=O) groups excluding carboxylic acids is 2. The van der Waals surface area contributed by atoms with Crippen LogP contribution in [-0.2, 0) is 16.1 Å². The molecule has 1 aliphatic heterocycles. The maximum atomic E-state index is 14.4. The van der Waals surface area contributed by atoms with Crippen molar-refractivity contribution in [1.82, 2.24) is 9.47 Å². The van der Waals surface area contributed by atoms with Gasteiger partial charge in [0.2, 0.25) is 5.91 Å². The molecule has 2 fully saturated rings. The molecule has 1 saturated heterocycles. The zero-order chi connectivity index (χ0) is 23.7. The number of thioether (sulfide) groups is 1. The number of benzene rings is 2. The average molecular weight is 477 g/mol. The van der Waals surface area contributed by atoms with Gasteiger partial charge in [-0.05, 0) is 48.9 Å². The third-order valence-corrected chi connectivity index (χ3v) is 7.26. The van der Waals surface area contributed by atoms with Crippen LogP contribution in [0.15, 0.2) is 64.6 Å². The lowest BCUT2D eigenvalue weighted by Crippen LogP contribution is -2.40. The standard InChI is InChI=1S/C26H25FN4O2S/c27-20-11-5-6-12-21(20)29-26-31(18-8-2-1-3-9-18)25(33)23(34-26)14-17-15-30(16-24(28)32)22-13-7-4-10-19(17)22/h4-7,10-15,18H,1-3,8-9,16H2,(H2,28,32). The molecule has 6 nitrogen and oxygen atoms in total. The molecule has 0 unspecified atom stereocenters. The normalized spacial score (nSPS) is 19.6. The minimum atomic E-state index is -0.436. The van der Waals surface area contributed by atoms with Gasteiger partial charge in [0.05, 0.1) is 4.91 Å². The van der Waals surface area contributed by atoms with Crippen LogP contribution < -0.4 is 5.73 Å². The van der Waals surface area contributed by atoms with E-state index in [1.54, 1.807) is 27.7 Å². The number of aromatic nitrogens is 1. The van der Waals surface area contributed by atoms with Crippen LogP contribution in [0.3, 0.4) is 0 Å². The monoisotopic (exact) mass is 476 g/mol. The summed E-state index contributed by atoms with van der Waals surface area (Å²) in [6.07, 6.45) is 8.78. The number of amidine groups is 1. The molecule has 34 heavy (non-hydrogen) atoms. The first-order valence-corrected chi connectivity index (χ1v) is 12.3. The van der Waals surface area contributed by atoms with Crippen LogP contribution >= 0.6 is 11.8 Å². The number of hydrogen-bond donors (Lipinski definition) is 1. The Morgan fingerprint density at radius 1 is 1.12 bits per heavy atom. The fourth-order valence-corrected chi connectivity index (χ4v) is 5.74. The smallest absolute Gasteiger partial charge is 0.267 e. The second kappa shape index (κ2) is 9.46. The fraction of sp³-hybridized carbons (Fsp3) is 0.269. The minimum Gasteiger partial charge on any atom is -0.368 e. The minimum absolute atomic E-state index is 0.0545. The maximum absolute atomic E-state index is 14.4. The summed E-state index contributed by atoms with van der Waals surface area (Å²) in [4.78, 5) is 32.0. The van der Waals surface area contributed by atoms with Crippen LogP contribution in [0.25, 0.3) is 17.0 Å². The Balaban J connectivity index is 1.57. The molecular weight excluding hydrogens is 451 g/mol. The predicted octanol–water partition coefficient (Wildman–Crippen LogP) is 5.20. The van der Waals surface area contributed by atoms with Gasteiger partial charge < -0.3 is 10.3 Å². The molecule has 2 N–H and O–H groups in total. The third-order valence-electron chi connectivity index (χ3n) is 6.28. The van der Waals surface area contributed by atoms with Crippen molar-refractivity contribution in [3.8, 4) is 0 Å². The van der Waals surface area contributed by atoms with Crippen molar-refractivity contribution in [3.05, 3.63) is 71.0 Å². The van der Waals surface area contributed by atoms with Gasteiger partial charge in [0, 0.05) is 28.7 Å². The molecule has 2 aliphatic rings. The van der Waals surface area contributed by atoms with Crippen molar-refractivity contribution in [2.75, 3.05) is 0 Å². The predicted molar refractivity (Wildman–Crippen MR) is 134 cm³/mol. The van der Waals surface area contributed by atoms with Crippen molar-refractivity contribution in [2.45, 2.75) is 44.7 Å². The van der Waals surface area contributed by atoms with Crippen molar-refractivity contribution >= 4 is 51.4 Å². The van der Waals surface area contributed by atoms with Crippen molar-refractivity contribution in [2.24, 2.45) is 10.7 Å². The molecule has 1 aromatic heterocycles. The van der Waals surface area contributed by atoms with E-state index in [0.29, 0.717) is 10.1 Å². The highest BCUT2D eigenvalue weighted by Gasteiger charge is 2.39. The van der Waals surface area contributed by atoms with Crippen molar-refractivity contribution in [1.29, 1.82) is 0 Å². The Hall–Kier alpha value is -3.39. The molecular formula is C26H25FN4O2S. The third kappa shape index (κ3) is 4.37. The van der Waals surface area contributed by atoms with E-state index in [1.807, 2.05) is 36.5 Å². The zero-order valence-corrected chi connectivity index (χ0v) is 19.4. The summed E-state index contributed by atoms with van der Waals surface area (Å²) in [6.45, 7) is 0.0545. The van der Waals surface area contributed by atoms with Crippen LogP contribution in [0.5, 0.6) is 0 Å². The molecule has 174 valence electrons. The summed E-state index contributed by atoms with van der Waals surface area (Å²) in [5.74, 6) is -0.966. The van der Waals surface area contributed by atoms with E-state index < -0.39 is 11.7 Å². The summed E-state index contributed by atoms with van der Waals surface area (Å²) < 4.78 is 16.2. The van der Waals surface area contributed by atoms with Gasteiger partial charge in [-0.2, -0.15) is 0 Å². The molecule has 5 rings (SSSR count). The molecule has 0 radical (unpaired) electrons. The first-order chi connectivity index (χ1) is 16.5. The summed E-state index contributed by atoms with van der Waals surface area (Å²) in [7, 11) is 0. The average Bonchev–Trinajstić information content (AvgIpc) is 3.33. The maximum Gasteiger partial charge on any atom is 0.267 e. The molecule has 0 atom stereocenters. The summed E-state index contributed by atoms with van der Waals surface area (Å²) in [5.41, 5.74) is 7.34. The second-order valence-electron chi connectivity index (χ2n) is 8.62. The molecule has 8 heteroatoms. The van der Waals surface area contributed by atoms with Gasteiger partial charge in [-0.1, -0.05) is 49.6 Å². The number of nitrogens with zero attached hydrogens (tertiary/aromatic N) is 3. The number of fused-ring (bicyclic) bond motifs is 1. The first kappa shape index (κ1) is 22.4. The Morgan fingerprint density at radius 3 is 2.62 bits per heavy atom. The van der Waals surface area contributed by atoms with E-state index in [9.17, 15) is 14.0 Å². The highest BCUT2D eigenvalue weighted by Crippen LogP contribution is 2.39. The first-order valence-electron chi connectivity index (χ1n) is 11.4. The SMILES string of the molecule is NC(=O)Cn1cc(C=C2SC(=Nc3ccccc3F)N(C3CCCCC3)C2=O)c2ccccc21. The Labute approximate surface area is 201 Å². The molecule has 1 saturated carbocycles. The summed E-state index contributed by atoms with van der Waals surface area (Å²) in [5, 5.41) is 1.43. The number of halogens is 1. The van der Waals surface area contributed by atoms with E-state index >= 15 is 0 Å². The number of nitrogens with two attached hydrogens (primary N) is 1. The molecule has 0 spiro atoms. The largest absolute Gasteiger partial charge is 0.368 e. The fourth-order valence-electron chi connectivity index (χ4n) is 4.70. The summed E-state index contributed by atoms with van der Waals surface area (Å²) >= 11 is 1.27. The van der Waals surface area contributed by atoms with Crippen LogP contribution in [0.4, 0.5) is 10.1 Å². The lowest BCUT2D eigenvalue weighted by Gasteiger charge is -2.30. The Bertz CT molecular complexity index is 1320.